The van der Waals surface area contributed by atoms with E-state index >= 15 is 0 Å². The number of halogens is 2. The largest absolute Gasteiger partial charge is 0.489 e. The van der Waals surface area contributed by atoms with Gasteiger partial charge in [-0.2, -0.15) is 0 Å². The average Bonchev–Trinajstić information content (AvgIpc) is 2.63. The average molecular weight is 358 g/mol. The van der Waals surface area contributed by atoms with Gasteiger partial charge in [0.2, 0.25) is 0 Å². The van der Waals surface area contributed by atoms with E-state index in [1.807, 2.05) is 36.4 Å². The summed E-state index contributed by atoms with van der Waals surface area (Å²) in [5, 5.41) is 3.43. The van der Waals surface area contributed by atoms with Gasteiger partial charge in [0.25, 0.3) is 0 Å². The highest BCUT2D eigenvalue weighted by atomic mass is 35.5. The summed E-state index contributed by atoms with van der Waals surface area (Å²) in [5.74, 6) is 0.617. The Labute approximate surface area is 154 Å². The highest BCUT2D eigenvalue weighted by Gasteiger charge is 2.04. The van der Waals surface area contributed by atoms with Crippen LogP contribution in [0.15, 0.2) is 78.9 Å². The lowest BCUT2D eigenvalue weighted by molar-refractivity contribution is 0.302. The fourth-order valence-corrected chi connectivity index (χ4v) is 2.47. The van der Waals surface area contributed by atoms with Crippen molar-refractivity contribution in [2.45, 2.75) is 19.7 Å². The smallest absolute Gasteiger partial charge is 0.124 e. The zero-order valence-corrected chi connectivity index (χ0v) is 14.6. The van der Waals surface area contributed by atoms with Crippen molar-refractivity contribution in [3.8, 4) is 5.75 Å². The van der Waals surface area contributed by atoms with Gasteiger partial charge in [0.15, 0.2) is 0 Å². The lowest BCUT2D eigenvalue weighted by Crippen LogP contribution is -2.13. The van der Waals surface area contributed by atoms with E-state index in [0.29, 0.717) is 6.61 Å². The second-order valence-corrected chi connectivity index (χ2v) is 5.61. The Morgan fingerprint density at radius 3 is 2.16 bits per heavy atom. The Morgan fingerprint density at radius 2 is 1.40 bits per heavy atom. The third-order valence-corrected chi connectivity index (χ3v) is 3.77. The summed E-state index contributed by atoms with van der Waals surface area (Å²) in [7, 11) is 0. The van der Waals surface area contributed by atoms with Gasteiger partial charge in [0.05, 0.1) is 0 Å². The minimum atomic E-state index is -0.232. The van der Waals surface area contributed by atoms with Crippen molar-refractivity contribution in [1.82, 2.24) is 5.32 Å². The van der Waals surface area contributed by atoms with Crippen LogP contribution in [0.2, 0.25) is 0 Å². The molecule has 3 aromatic carbocycles. The Hall–Kier alpha value is -2.36. The number of hydrogen-bond donors (Lipinski definition) is 1. The summed E-state index contributed by atoms with van der Waals surface area (Å²) >= 11 is 0. The first-order valence-corrected chi connectivity index (χ1v) is 8.01. The molecule has 0 saturated carbocycles. The molecule has 0 bridgehead atoms. The van der Waals surface area contributed by atoms with E-state index in [0.717, 1.165) is 30.0 Å². The van der Waals surface area contributed by atoms with Gasteiger partial charge in [-0.1, -0.05) is 60.7 Å². The zero-order valence-electron chi connectivity index (χ0n) is 13.8. The van der Waals surface area contributed by atoms with Crippen molar-refractivity contribution >= 4 is 12.4 Å². The molecule has 0 heterocycles. The van der Waals surface area contributed by atoms with E-state index in [1.165, 1.54) is 17.7 Å². The third kappa shape index (κ3) is 5.89. The van der Waals surface area contributed by atoms with Crippen molar-refractivity contribution < 1.29 is 9.13 Å². The molecule has 0 radical (unpaired) electrons. The van der Waals surface area contributed by atoms with Gasteiger partial charge >= 0.3 is 0 Å². The zero-order chi connectivity index (χ0) is 16.6. The Balaban J connectivity index is 0.00000225. The molecule has 3 aromatic rings. The van der Waals surface area contributed by atoms with Crippen LogP contribution in [0.4, 0.5) is 4.39 Å². The first kappa shape index (κ1) is 19.0. The number of ether oxygens (including phenoxy) is 1. The molecule has 0 fully saturated rings. The number of benzene rings is 3. The van der Waals surface area contributed by atoms with Crippen molar-refractivity contribution in [2.24, 2.45) is 0 Å². The molecule has 0 saturated heterocycles. The summed E-state index contributed by atoms with van der Waals surface area (Å²) in [6.45, 7) is 1.97. The van der Waals surface area contributed by atoms with Crippen molar-refractivity contribution in [3.63, 3.8) is 0 Å². The van der Waals surface area contributed by atoms with Crippen LogP contribution in [0.5, 0.6) is 5.75 Å². The molecule has 130 valence electrons. The first-order valence-electron chi connectivity index (χ1n) is 8.01. The Kier molecular flexibility index (Phi) is 7.45. The Bertz CT molecular complexity index is 762. The summed E-state index contributed by atoms with van der Waals surface area (Å²) in [5.41, 5.74) is 3.31. The predicted octanol–water partition coefficient (Wildman–Crippen LogP) is 5.12. The molecule has 2 nitrogen and oxygen atoms in total. The molecular weight excluding hydrogens is 337 g/mol. The molecule has 4 heteroatoms. The Morgan fingerprint density at radius 1 is 0.720 bits per heavy atom. The van der Waals surface area contributed by atoms with Gasteiger partial charge in [-0.15, -0.1) is 12.4 Å². The lowest BCUT2D eigenvalue weighted by atomic mass is 10.2. The minimum Gasteiger partial charge on any atom is -0.489 e. The maximum atomic E-state index is 12.9. The molecular formula is C21H21ClFNO. The number of para-hydroxylation sites is 1. The lowest BCUT2D eigenvalue weighted by Gasteiger charge is -2.12. The highest BCUT2D eigenvalue weighted by molar-refractivity contribution is 5.85. The molecule has 0 aromatic heterocycles. The monoisotopic (exact) mass is 357 g/mol. The second kappa shape index (κ2) is 9.82. The number of hydrogen-bond acceptors (Lipinski definition) is 2. The maximum Gasteiger partial charge on any atom is 0.124 e. The number of rotatable bonds is 7. The summed E-state index contributed by atoms with van der Waals surface area (Å²) in [4.78, 5) is 0. The molecule has 0 aliphatic heterocycles. The van der Waals surface area contributed by atoms with Crippen LogP contribution in [0.25, 0.3) is 0 Å². The fourth-order valence-electron chi connectivity index (χ4n) is 2.47. The topological polar surface area (TPSA) is 21.3 Å². The molecule has 0 spiro atoms. The van der Waals surface area contributed by atoms with Crippen molar-refractivity contribution in [3.05, 3.63) is 101 Å². The van der Waals surface area contributed by atoms with E-state index < -0.39 is 0 Å². The maximum absolute atomic E-state index is 12.9. The molecule has 1 N–H and O–H groups in total. The molecule has 0 atom stereocenters. The van der Waals surface area contributed by atoms with Crippen molar-refractivity contribution in [1.29, 1.82) is 0 Å². The standard InChI is InChI=1S/C21H20FNO.ClH/c22-20-12-10-18(11-13-20)16-24-21-9-5-4-8-19(21)15-23-14-17-6-2-1-3-7-17;/h1-13,23H,14-16H2;1H. The molecule has 0 amide bonds. The van der Waals surface area contributed by atoms with Gasteiger partial charge in [-0.25, -0.2) is 4.39 Å². The molecule has 3 rings (SSSR count). The van der Waals surface area contributed by atoms with Crippen LogP contribution in [0.1, 0.15) is 16.7 Å². The SMILES string of the molecule is Cl.Fc1ccc(COc2ccccc2CNCc2ccccc2)cc1. The summed E-state index contributed by atoms with van der Waals surface area (Å²) in [6.07, 6.45) is 0. The van der Waals surface area contributed by atoms with Crippen LogP contribution in [0, 0.1) is 5.82 Å². The van der Waals surface area contributed by atoms with Crippen LogP contribution >= 0.6 is 12.4 Å². The van der Waals surface area contributed by atoms with E-state index in [4.69, 9.17) is 4.74 Å². The van der Waals surface area contributed by atoms with Gasteiger partial charge in [-0.3, -0.25) is 0 Å². The first-order chi connectivity index (χ1) is 11.8. The van der Waals surface area contributed by atoms with Crippen LogP contribution in [-0.4, -0.2) is 0 Å². The molecule has 0 aliphatic rings. The van der Waals surface area contributed by atoms with Gasteiger partial charge in [0.1, 0.15) is 18.2 Å². The third-order valence-electron chi connectivity index (χ3n) is 3.77. The fraction of sp³-hybridized carbons (Fsp3) is 0.143. The minimum absolute atomic E-state index is 0. The predicted molar refractivity (Wildman–Crippen MR) is 101 cm³/mol. The summed E-state index contributed by atoms with van der Waals surface area (Å²) < 4.78 is 18.8. The molecule has 0 aliphatic carbocycles. The normalized spacial score (nSPS) is 10.1. The quantitative estimate of drug-likeness (QED) is 0.634. The van der Waals surface area contributed by atoms with E-state index in [9.17, 15) is 4.39 Å². The molecule has 25 heavy (non-hydrogen) atoms. The highest BCUT2D eigenvalue weighted by Crippen LogP contribution is 2.19. The van der Waals surface area contributed by atoms with Gasteiger partial charge < -0.3 is 10.1 Å². The van der Waals surface area contributed by atoms with E-state index in [1.54, 1.807) is 12.1 Å². The van der Waals surface area contributed by atoms with Gasteiger partial charge in [0, 0.05) is 18.7 Å². The number of nitrogens with one attached hydrogen (secondary N) is 1. The summed E-state index contributed by atoms with van der Waals surface area (Å²) in [6, 6.07) is 24.7. The van der Waals surface area contributed by atoms with E-state index in [2.05, 4.69) is 23.5 Å². The van der Waals surface area contributed by atoms with E-state index in [-0.39, 0.29) is 18.2 Å². The van der Waals surface area contributed by atoms with Crippen LogP contribution in [-0.2, 0) is 19.7 Å². The van der Waals surface area contributed by atoms with Crippen molar-refractivity contribution in [2.75, 3.05) is 0 Å². The van der Waals surface area contributed by atoms with Gasteiger partial charge in [-0.05, 0) is 29.3 Å². The second-order valence-electron chi connectivity index (χ2n) is 5.61. The van der Waals surface area contributed by atoms with Crippen LogP contribution in [0.3, 0.4) is 0 Å². The molecule has 0 unspecified atom stereocenters. The van der Waals surface area contributed by atoms with Crippen LogP contribution < -0.4 is 10.1 Å².